The SMILES string of the molecule is Cc1cc(-n2ccc(C(F)(F)F)n2)ccc1/C(N)=N/O. The molecule has 20 heavy (non-hydrogen) atoms. The molecule has 3 N–H and O–H groups in total. The van der Waals surface area contributed by atoms with E-state index in [-0.39, 0.29) is 5.84 Å². The summed E-state index contributed by atoms with van der Waals surface area (Å²) >= 11 is 0. The number of nitrogens with zero attached hydrogens (tertiary/aromatic N) is 3. The minimum atomic E-state index is -4.48. The summed E-state index contributed by atoms with van der Waals surface area (Å²) in [4.78, 5) is 0. The first-order chi connectivity index (χ1) is 9.32. The first kappa shape index (κ1) is 13.9. The Bertz CT molecular complexity index is 661. The Hall–Kier alpha value is -2.51. The lowest BCUT2D eigenvalue weighted by molar-refractivity contribution is -0.141. The van der Waals surface area contributed by atoms with Gasteiger partial charge in [-0.05, 0) is 36.8 Å². The van der Waals surface area contributed by atoms with Gasteiger partial charge >= 0.3 is 6.18 Å². The number of halogens is 3. The van der Waals surface area contributed by atoms with Gasteiger partial charge in [-0.1, -0.05) is 5.16 Å². The fraction of sp³-hybridized carbons (Fsp3) is 0.167. The van der Waals surface area contributed by atoms with Crippen LogP contribution in [-0.4, -0.2) is 20.8 Å². The smallest absolute Gasteiger partial charge is 0.409 e. The Labute approximate surface area is 112 Å². The van der Waals surface area contributed by atoms with Crippen LogP contribution in [0.4, 0.5) is 13.2 Å². The second kappa shape index (κ2) is 4.87. The molecule has 0 aliphatic rings. The van der Waals surface area contributed by atoms with E-state index < -0.39 is 11.9 Å². The summed E-state index contributed by atoms with van der Waals surface area (Å²) in [6.45, 7) is 1.70. The number of aromatic nitrogens is 2. The van der Waals surface area contributed by atoms with E-state index in [1.807, 2.05) is 0 Å². The highest BCUT2D eigenvalue weighted by Crippen LogP contribution is 2.28. The van der Waals surface area contributed by atoms with Crippen molar-refractivity contribution >= 4 is 5.84 Å². The van der Waals surface area contributed by atoms with Crippen LogP contribution in [0.25, 0.3) is 5.69 Å². The molecule has 106 valence electrons. The zero-order chi connectivity index (χ0) is 14.9. The molecule has 1 aromatic carbocycles. The minimum Gasteiger partial charge on any atom is -0.409 e. The second-order valence-corrected chi connectivity index (χ2v) is 4.13. The average molecular weight is 284 g/mol. The van der Waals surface area contributed by atoms with E-state index in [4.69, 9.17) is 10.9 Å². The first-order valence-corrected chi connectivity index (χ1v) is 5.54. The number of aryl methyl sites for hydroxylation is 1. The van der Waals surface area contributed by atoms with Gasteiger partial charge in [-0.25, -0.2) is 4.68 Å². The van der Waals surface area contributed by atoms with Crippen molar-refractivity contribution in [3.63, 3.8) is 0 Å². The minimum absolute atomic E-state index is 0.0644. The quantitative estimate of drug-likeness (QED) is 0.384. The van der Waals surface area contributed by atoms with E-state index in [9.17, 15) is 13.2 Å². The van der Waals surface area contributed by atoms with Gasteiger partial charge in [0, 0.05) is 11.8 Å². The monoisotopic (exact) mass is 284 g/mol. The molecule has 0 atom stereocenters. The summed E-state index contributed by atoms with van der Waals surface area (Å²) in [5, 5.41) is 15.0. The molecule has 8 heteroatoms. The van der Waals surface area contributed by atoms with Crippen molar-refractivity contribution in [3.05, 3.63) is 47.3 Å². The van der Waals surface area contributed by atoms with Crippen LogP contribution >= 0.6 is 0 Å². The molecule has 0 amide bonds. The molecule has 1 heterocycles. The van der Waals surface area contributed by atoms with Gasteiger partial charge in [0.2, 0.25) is 0 Å². The summed E-state index contributed by atoms with van der Waals surface area (Å²) in [6.07, 6.45) is -3.25. The molecule has 0 bridgehead atoms. The largest absolute Gasteiger partial charge is 0.435 e. The van der Waals surface area contributed by atoms with E-state index >= 15 is 0 Å². The van der Waals surface area contributed by atoms with Crippen molar-refractivity contribution in [2.24, 2.45) is 10.9 Å². The van der Waals surface area contributed by atoms with Crippen molar-refractivity contribution in [1.29, 1.82) is 0 Å². The summed E-state index contributed by atoms with van der Waals surface area (Å²) in [5.74, 6) is -0.0644. The molecule has 0 aliphatic carbocycles. The number of rotatable bonds is 2. The fourth-order valence-electron chi connectivity index (χ4n) is 1.75. The van der Waals surface area contributed by atoms with Crippen molar-refractivity contribution in [2.75, 3.05) is 0 Å². The van der Waals surface area contributed by atoms with Crippen LogP contribution < -0.4 is 5.73 Å². The number of alkyl halides is 3. The molecular weight excluding hydrogens is 273 g/mol. The fourth-order valence-corrected chi connectivity index (χ4v) is 1.75. The molecule has 0 aliphatic heterocycles. The Morgan fingerprint density at radius 3 is 2.55 bits per heavy atom. The first-order valence-electron chi connectivity index (χ1n) is 5.54. The Kier molecular flexibility index (Phi) is 3.39. The third-order valence-corrected chi connectivity index (χ3v) is 2.74. The van der Waals surface area contributed by atoms with E-state index in [0.29, 0.717) is 16.8 Å². The van der Waals surface area contributed by atoms with Crippen molar-refractivity contribution in [2.45, 2.75) is 13.1 Å². The maximum Gasteiger partial charge on any atom is 0.435 e. The van der Waals surface area contributed by atoms with Gasteiger partial charge in [0.15, 0.2) is 11.5 Å². The van der Waals surface area contributed by atoms with Crippen molar-refractivity contribution in [3.8, 4) is 5.69 Å². The molecule has 0 radical (unpaired) electrons. The lowest BCUT2D eigenvalue weighted by Crippen LogP contribution is -2.15. The molecule has 0 unspecified atom stereocenters. The number of hydrogen-bond donors (Lipinski definition) is 2. The molecule has 0 saturated carbocycles. The highest BCUT2D eigenvalue weighted by Gasteiger charge is 2.33. The maximum absolute atomic E-state index is 12.5. The van der Waals surface area contributed by atoms with Crippen LogP contribution in [0.3, 0.4) is 0 Å². The lowest BCUT2D eigenvalue weighted by Gasteiger charge is -2.07. The van der Waals surface area contributed by atoms with Gasteiger partial charge in [0.1, 0.15) is 0 Å². The van der Waals surface area contributed by atoms with Gasteiger partial charge < -0.3 is 10.9 Å². The van der Waals surface area contributed by atoms with Gasteiger partial charge in [-0.2, -0.15) is 18.3 Å². The van der Waals surface area contributed by atoms with E-state index in [0.717, 1.165) is 10.7 Å². The molecule has 2 aromatic rings. The molecule has 2 rings (SSSR count). The molecule has 5 nitrogen and oxygen atoms in total. The highest BCUT2D eigenvalue weighted by molar-refractivity contribution is 5.98. The number of nitrogens with two attached hydrogens (primary N) is 1. The number of oxime groups is 1. The molecule has 1 aromatic heterocycles. The predicted octanol–water partition coefficient (Wildman–Crippen LogP) is 2.29. The van der Waals surface area contributed by atoms with Crippen molar-refractivity contribution in [1.82, 2.24) is 9.78 Å². The van der Waals surface area contributed by atoms with E-state index in [2.05, 4.69) is 10.3 Å². The Balaban J connectivity index is 2.40. The zero-order valence-corrected chi connectivity index (χ0v) is 10.4. The van der Waals surface area contributed by atoms with Crippen LogP contribution in [0.5, 0.6) is 0 Å². The zero-order valence-electron chi connectivity index (χ0n) is 10.4. The van der Waals surface area contributed by atoms with Gasteiger partial charge in [-0.15, -0.1) is 0 Å². The molecule has 0 saturated heterocycles. The summed E-state index contributed by atoms with van der Waals surface area (Å²) in [7, 11) is 0. The average Bonchev–Trinajstić information content (AvgIpc) is 2.87. The molecular formula is C12H11F3N4O. The normalized spacial score (nSPS) is 12.7. The Morgan fingerprint density at radius 1 is 1.35 bits per heavy atom. The third kappa shape index (κ3) is 2.58. The van der Waals surface area contributed by atoms with Crippen LogP contribution in [-0.2, 0) is 6.18 Å². The van der Waals surface area contributed by atoms with Crippen LogP contribution in [0.1, 0.15) is 16.8 Å². The van der Waals surface area contributed by atoms with Gasteiger partial charge in [0.05, 0.1) is 5.69 Å². The summed E-state index contributed by atoms with van der Waals surface area (Å²) in [5.41, 5.74) is 6.12. The van der Waals surface area contributed by atoms with Crippen LogP contribution in [0.2, 0.25) is 0 Å². The lowest BCUT2D eigenvalue weighted by atomic mass is 10.1. The topological polar surface area (TPSA) is 76.4 Å². The summed E-state index contributed by atoms with van der Waals surface area (Å²) < 4.78 is 38.5. The van der Waals surface area contributed by atoms with E-state index in [1.54, 1.807) is 19.1 Å². The predicted molar refractivity (Wildman–Crippen MR) is 65.8 cm³/mol. The standard InChI is InChI=1S/C12H11F3N4O/c1-7-6-8(2-3-9(7)11(16)18-20)19-5-4-10(17-19)12(13,14)15/h2-6,20H,1H3,(H2,16,18). The third-order valence-electron chi connectivity index (χ3n) is 2.74. The van der Waals surface area contributed by atoms with Crippen LogP contribution in [0.15, 0.2) is 35.6 Å². The maximum atomic E-state index is 12.5. The number of benzene rings is 1. The van der Waals surface area contributed by atoms with Gasteiger partial charge in [0.25, 0.3) is 0 Å². The highest BCUT2D eigenvalue weighted by atomic mass is 19.4. The second-order valence-electron chi connectivity index (χ2n) is 4.13. The summed E-state index contributed by atoms with van der Waals surface area (Å²) in [6, 6.07) is 5.58. The Morgan fingerprint density at radius 2 is 2.05 bits per heavy atom. The number of amidine groups is 1. The number of hydrogen-bond acceptors (Lipinski definition) is 3. The van der Waals surface area contributed by atoms with Crippen LogP contribution in [0, 0.1) is 6.92 Å². The van der Waals surface area contributed by atoms with E-state index in [1.165, 1.54) is 12.3 Å². The van der Waals surface area contributed by atoms with Gasteiger partial charge in [-0.3, -0.25) is 0 Å². The van der Waals surface area contributed by atoms with Crippen molar-refractivity contribution < 1.29 is 18.4 Å². The molecule has 0 spiro atoms. The molecule has 0 fully saturated rings.